The monoisotopic (exact) mass is 331 g/mol. The number of nitrogens with zero attached hydrogens (tertiary/aromatic N) is 1. The number of anilines is 1. The Morgan fingerprint density at radius 3 is 2.48 bits per heavy atom. The minimum absolute atomic E-state index is 0.0431. The lowest BCUT2D eigenvalue weighted by Gasteiger charge is -2.19. The second-order valence-electron chi connectivity index (χ2n) is 7.18. The summed E-state index contributed by atoms with van der Waals surface area (Å²) >= 11 is 0. The Morgan fingerprint density at radius 1 is 0.960 bits per heavy atom. The van der Waals surface area contributed by atoms with Gasteiger partial charge in [-0.05, 0) is 25.3 Å². The van der Waals surface area contributed by atoms with Crippen LogP contribution in [-0.2, 0) is 5.41 Å². The van der Waals surface area contributed by atoms with Crippen LogP contribution >= 0.6 is 0 Å². The van der Waals surface area contributed by atoms with Gasteiger partial charge in [0.2, 0.25) is 5.69 Å². The number of phenols is 1. The van der Waals surface area contributed by atoms with Crippen LogP contribution in [0.2, 0.25) is 0 Å². The molecule has 0 spiro atoms. The molecule has 0 saturated heterocycles. The number of phenolic OH excluding ortho intramolecular Hbond substituents is 1. The average Bonchev–Trinajstić information content (AvgIpc) is 2.81. The number of fused-ring (bicyclic) bond motifs is 2. The van der Waals surface area contributed by atoms with Crippen LogP contribution < -0.4 is 5.32 Å². The van der Waals surface area contributed by atoms with E-state index >= 15 is 0 Å². The standard InChI is InChI=1S/C22H22N2O/c1-22(2)17-10-6-7-11-18(17)24(3)20(22)14-23-21-16-9-5-4-8-15(16)12-13-19(21)25/h4-13,23H,14H2,1-3H3/p+1. The van der Waals surface area contributed by atoms with Crippen LogP contribution in [0.1, 0.15) is 19.4 Å². The molecule has 0 bridgehead atoms. The lowest BCUT2D eigenvalue weighted by atomic mass is 9.81. The van der Waals surface area contributed by atoms with Gasteiger partial charge in [-0.1, -0.05) is 48.5 Å². The summed E-state index contributed by atoms with van der Waals surface area (Å²) in [4.78, 5) is 0. The predicted molar refractivity (Wildman–Crippen MR) is 104 cm³/mol. The number of hydrogen-bond donors (Lipinski definition) is 2. The van der Waals surface area contributed by atoms with Crippen molar-refractivity contribution in [3.05, 3.63) is 66.2 Å². The fourth-order valence-electron chi connectivity index (χ4n) is 3.97. The molecule has 1 aliphatic rings. The third kappa shape index (κ3) is 2.39. The molecule has 0 radical (unpaired) electrons. The van der Waals surface area contributed by atoms with Crippen molar-refractivity contribution >= 4 is 27.9 Å². The SMILES string of the molecule is C[N+]1=C(CNc2c(O)ccc3ccccc23)C(C)(C)c2ccccc21. The van der Waals surface area contributed by atoms with E-state index in [-0.39, 0.29) is 11.2 Å². The predicted octanol–water partition coefficient (Wildman–Crippen LogP) is 4.66. The summed E-state index contributed by atoms with van der Waals surface area (Å²) in [6.07, 6.45) is 0. The highest BCUT2D eigenvalue weighted by Gasteiger charge is 2.43. The number of rotatable bonds is 3. The Balaban J connectivity index is 1.72. The molecule has 1 aliphatic heterocycles. The first kappa shape index (κ1) is 15.7. The van der Waals surface area contributed by atoms with Crippen LogP contribution in [-0.4, -0.2) is 29.0 Å². The summed E-state index contributed by atoms with van der Waals surface area (Å²) in [5.41, 5.74) is 4.65. The highest BCUT2D eigenvalue weighted by Crippen LogP contribution is 2.39. The first-order chi connectivity index (χ1) is 12.0. The fraction of sp³-hybridized carbons (Fsp3) is 0.227. The summed E-state index contributed by atoms with van der Waals surface area (Å²) in [5, 5.41) is 16.0. The Kier molecular flexibility index (Phi) is 3.53. The third-order valence-corrected chi connectivity index (χ3v) is 5.40. The Morgan fingerprint density at radius 2 is 1.68 bits per heavy atom. The van der Waals surface area contributed by atoms with Crippen molar-refractivity contribution in [3.8, 4) is 5.75 Å². The van der Waals surface area contributed by atoms with Crippen LogP contribution in [0.15, 0.2) is 60.7 Å². The first-order valence-electron chi connectivity index (χ1n) is 8.64. The van der Waals surface area contributed by atoms with E-state index in [1.807, 2.05) is 24.3 Å². The molecule has 0 amide bonds. The van der Waals surface area contributed by atoms with E-state index in [1.165, 1.54) is 17.0 Å². The zero-order valence-electron chi connectivity index (χ0n) is 14.9. The van der Waals surface area contributed by atoms with Gasteiger partial charge in [0, 0.05) is 17.0 Å². The van der Waals surface area contributed by atoms with Crippen LogP contribution in [0.4, 0.5) is 11.4 Å². The molecule has 4 rings (SSSR count). The highest BCUT2D eigenvalue weighted by atomic mass is 16.3. The number of hydrogen-bond acceptors (Lipinski definition) is 2. The van der Waals surface area contributed by atoms with Crippen molar-refractivity contribution in [2.45, 2.75) is 19.3 Å². The van der Waals surface area contributed by atoms with Gasteiger partial charge < -0.3 is 10.4 Å². The maximum Gasteiger partial charge on any atom is 0.209 e. The molecule has 3 nitrogen and oxygen atoms in total. The number of benzene rings is 3. The van der Waals surface area contributed by atoms with Gasteiger partial charge in [-0.25, -0.2) is 0 Å². The molecule has 126 valence electrons. The van der Waals surface area contributed by atoms with Gasteiger partial charge in [-0.15, -0.1) is 0 Å². The molecule has 3 aromatic rings. The highest BCUT2D eigenvalue weighted by molar-refractivity contribution is 6.01. The van der Waals surface area contributed by atoms with Crippen molar-refractivity contribution in [1.29, 1.82) is 0 Å². The van der Waals surface area contributed by atoms with Gasteiger partial charge in [0.05, 0.1) is 17.6 Å². The maximum absolute atomic E-state index is 10.4. The average molecular weight is 331 g/mol. The van der Waals surface area contributed by atoms with Crippen molar-refractivity contribution in [2.75, 3.05) is 18.9 Å². The molecule has 0 fully saturated rings. The number of para-hydroxylation sites is 1. The van der Waals surface area contributed by atoms with Crippen LogP contribution in [0.5, 0.6) is 5.75 Å². The number of aromatic hydroxyl groups is 1. The van der Waals surface area contributed by atoms with Crippen molar-refractivity contribution in [1.82, 2.24) is 0 Å². The summed E-state index contributed by atoms with van der Waals surface area (Å²) in [6, 6.07) is 20.4. The molecule has 25 heavy (non-hydrogen) atoms. The molecule has 0 aromatic heterocycles. The van der Waals surface area contributed by atoms with E-state index in [0.29, 0.717) is 6.54 Å². The Bertz CT molecular complexity index is 1000. The van der Waals surface area contributed by atoms with Gasteiger partial charge in [-0.2, -0.15) is 4.58 Å². The van der Waals surface area contributed by atoms with Gasteiger partial charge in [-0.3, -0.25) is 0 Å². The van der Waals surface area contributed by atoms with Crippen LogP contribution in [0.3, 0.4) is 0 Å². The molecule has 3 aromatic carbocycles. The largest absolute Gasteiger partial charge is 0.506 e. The molecule has 1 heterocycles. The van der Waals surface area contributed by atoms with Gasteiger partial charge in [0.15, 0.2) is 5.71 Å². The molecule has 0 unspecified atom stereocenters. The quantitative estimate of drug-likeness (QED) is 0.541. The minimum Gasteiger partial charge on any atom is -0.506 e. The normalized spacial score (nSPS) is 15.5. The van der Waals surface area contributed by atoms with Crippen molar-refractivity contribution in [3.63, 3.8) is 0 Å². The molecule has 2 N–H and O–H groups in total. The molecule has 3 heteroatoms. The van der Waals surface area contributed by atoms with E-state index in [4.69, 9.17) is 0 Å². The lowest BCUT2D eigenvalue weighted by molar-refractivity contribution is -0.403. The van der Waals surface area contributed by atoms with Crippen molar-refractivity contribution in [2.24, 2.45) is 0 Å². The second-order valence-corrected chi connectivity index (χ2v) is 7.18. The summed E-state index contributed by atoms with van der Waals surface area (Å²) < 4.78 is 2.27. The smallest absolute Gasteiger partial charge is 0.209 e. The second kappa shape index (κ2) is 5.62. The van der Waals surface area contributed by atoms with Crippen LogP contribution in [0, 0.1) is 0 Å². The minimum atomic E-state index is -0.0431. The topological polar surface area (TPSA) is 35.3 Å². The summed E-state index contributed by atoms with van der Waals surface area (Å²) in [6.45, 7) is 5.20. The summed E-state index contributed by atoms with van der Waals surface area (Å²) in [7, 11) is 2.12. The van der Waals surface area contributed by atoms with E-state index in [9.17, 15) is 5.11 Å². The van der Waals surface area contributed by atoms with E-state index in [2.05, 4.69) is 61.1 Å². The molecular weight excluding hydrogens is 308 g/mol. The van der Waals surface area contributed by atoms with Gasteiger partial charge >= 0.3 is 0 Å². The molecular formula is C22H23N2O+. The van der Waals surface area contributed by atoms with E-state index in [0.717, 1.165) is 16.5 Å². The van der Waals surface area contributed by atoms with Crippen LogP contribution in [0.25, 0.3) is 10.8 Å². The van der Waals surface area contributed by atoms with Gasteiger partial charge in [0.1, 0.15) is 12.8 Å². The zero-order chi connectivity index (χ0) is 17.6. The van der Waals surface area contributed by atoms with Gasteiger partial charge in [0.25, 0.3) is 0 Å². The molecule has 0 saturated carbocycles. The zero-order valence-corrected chi connectivity index (χ0v) is 14.9. The maximum atomic E-state index is 10.4. The Labute approximate surface area is 148 Å². The first-order valence-corrected chi connectivity index (χ1v) is 8.64. The Hall–Kier alpha value is -2.81. The lowest BCUT2D eigenvalue weighted by Crippen LogP contribution is -2.34. The molecule has 0 atom stereocenters. The van der Waals surface area contributed by atoms with E-state index in [1.54, 1.807) is 6.07 Å². The number of nitrogens with one attached hydrogen (secondary N) is 1. The van der Waals surface area contributed by atoms with E-state index < -0.39 is 0 Å². The fourth-order valence-corrected chi connectivity index (χ4v) is 3.97. The van der Waals surface area contributed by atoms with Crippen molar-refractivity contribution < 1.29 is 9.68 Å². The summed E-state index contributed by atoms with van der Waals surface area (Å²) in [5.74, 6) is 0.287. The molecule has 0 aliphatic carbocycles. The third-order valence-electron chi connectivity index (χ3n) is 5.40.